The normalized spacial score (nSPS) is 20.9. The first-order valence-corrected chi connectivity index (χ1v) is 13.3. The van der Waals surface area contributed by atoms with Crippen LogP contribution in [0.5, 0.6) is 5.75 Å². The molecule has 35 heavy (non-hydrogen) atoms. The highest BCUT2D eigenvalue weighted by Crippen LogP contribution is 2.36. The summed E-state index contributed by atoms with van der Waals surface area (Å²) in [6.45, 7) is 6.07. The summed E-state index contributed by atoms with van der Waals surface area (Å²) in [5.74, 6) is -0.0255. The Balaban J connectivity index is 2.06. The van der Waals surface area contributed by atoms with Gasteiger partial charge >= 0.3 is 0 Å². The fraction of sp³-hybridized carbons (Fsp3) is 0.500. The highest BCUT2D eigenvalue weighted by Gasteiger charge is 2.38. The monoisotopic (exact) mass is 503 g/mol. The molecule has 0 radical (unpaired) electrons. The van der Waals surface area contributed by atoms with Gasteiger partial charge in [0, 0.05) is 25.6 Å². The van der Waals surface area contributed by atoms with Crippen LogP contribution in [0, 0.1) is 12.8 Å². The molecule has 2 aromatic rings. The summed E-state index contributed by atoms with van der Waals surface area (Å²) >= 11 is 0. The second kappa shape index (κ2) is 11.1. The number of fused-ring (bicyclic) bond motifs is 1. The Kier molecular flexibility index (Phi) is 8.58. The van der Waals surface area contributed by atoms with Crippen LogP contribution in [0.1, 0.15) is 19.4 Å². The van der Waals surface area contributed by atoms with Crippen molar-refractivity contribution in [2.75, 3.05) is 47.4 Å². The van der Waals surface area contributed by atoms with E-state index in [1.54, 1.807) is 37.1 Å². The molecule has 0 fully saturated rings. The first kappa shape index (κ1) is 27.1. The molecule has 8 nitrogen and oxygen atoms in total. The van der Waals surface area contributed by atoms with Crippen LogP contribution in [0.25, 0.3) is 11.1 Å². The zero-order valence-electron chi connectivity index (χ0n) is 21.4. The van der Waals surface area contributed by atoms with Crippen LogP contribution < -0.4 is 4.74 Å². The van der Waals surface area contributed by atoms with Crippen molar-refractivity contribution in [1.29, 1.82) is 0 Å². The standard InChI is InChI=1S/C26H37N3O5S/c1-18-7-9-21(10-8-18)22-11-12-25-23(13-22)34-24(15-28(6)26(31)16-27(4)5)19(2)14-29(20(3)17-30)35(25,32)33/h7-13,19-20,24,30H,14-17H2,1-6H3/t19-,20-,24-/m0/s1. The van der Waals surface area contributed by atoms with Crippen molar-refractivity contribution >= 4 is 15.9 Å². The van der Waals surface area contributed by atoms with Crippen molar-refractivity contribution in [2.45, 2.75) is 37.8 Å². The first-order valence-electron chi connectivity index (χ1n) is 11.8. The molecule has 0 saturated carbocycles. The third-order valence-corrected chi connectivity index (χ3v) is 8.40. The van der Waals surface area contributed by atoms with Gasteiger partial charge in [-0.1, -0.05) is 42.8 Å². The van der Waals surface area contributed by atoms with Crippen molar-refractivity contribution < 1.29 is 23.1 Å². The third kappa shape index (κ3) is 6.22. The molecule has 0 aliphatic carbocycles. The van der Waals surface area contributed by atoms with E-state index < -0.39 is 22.2 Å². The van der Waals surface area contributed by atoms with Gasteiger partial charge in [0.1, 0.15) is 16.7 Å². The minimum absolute atomic E-state index is 0.0466. The Bertz CT molecular complexity index is 1130. The zero-order valence-corrected chi connectivity index (χ0v) is 22.2. The number of aliphatic hydroxyl groups is 1. The quantitative estimate of drug-likeness (QED) is 0.624. The van der Waals surface area contributed by atoms with E-state index in [0.29, 0.717) is 6.54 Å². The number of aliphatic hydroxyl groups excluding tert-OH is 1. The molecule has 0 saturated heterocycles. The molecular weight excluding hydrogens is 466 g/mol. The molecule has 192 valence electrons. The zero-order chi connectivity index (χ0) is 25.9. The van der Waals surface area contributed by atoms with Crippen LogP contribution in [0.15, 0.2) is 47.4 Å². The van der Waals surface area contributed by atoms with E-state index in [4.69, 9.17) is 4.74 Å². The van der Waals surface area contributed by atoms with Gasteiger partial charge in [-0.2, -0.15) is 4.31 Å². The number of hydrogen-bond donors (Lipinski definition) is 1. The Labute approximate surface area is 209 Å². The lowest BCUT2D eigenvalue weighted by Gasteiger charge is -2.37. The number of ether oxygens (including phenoxy) is 1. The van der Waals surface area contributed by atoms with Gasteiger partial charge in [-0.3, -0.25) is 4.79 Å². The summed E-state index contributed by atoms with van der Waals surface area (Å²) in [6, 6.07) is 12.5. The number of carbonyl (C=O) groups excluding carboxylic acids is 1. The highest BCUT2D eigenvalue weighted by molar-refractivity contribution is 7.89. The van der Waals surface area contributed by atoms with Gasteiger partial charge in [0.2, 0.25) is 15.9 Å². The molecule has 2 aromatic carbocycles. The van der Waals surface area contributed by atoms with Crippen molar-refractivity contribution in [3.05, 3.63) is 48.0 Å². The largest absolute Gasteiger partial charge is 0.487 e. The number of carbonyl (C=O) groups is 1. The van der Waals surface area contributed by atoms with E-state index in [1.165, 1.54) is 4.31 Å². The molecule has 3 atom stereocenters. The number of aryl methyl sites for hydroxylation is 1. The van der Waals surface area contributed by atoms with Crippen LogP contribution in [0.2, 0.25) is 0 Å². The predicted octanol–water partition coefficient (Wildman–Crippen LogP) is 2.45. The molecule has 1 N–H and O–H groups in total. The lowest BCUT2D eigenvalue weighted by Crippen LogP contribution is -2.50. The lowest BCUT2D eigenvalue weighted by atomic mass is 10.0. The first-order chi connectivity index (χ1) is 16.4. The maximum atomic E-state index is 13.6. The fourth-order valence-corrected chi connectivity index (χ4v) is 5.96. The number of hydrogen-bond acceptors (Lipinski definition) is 6. The Morgan fingerprint density at radius 2 is 1.77 bits per heavy atom. The number of sulfonamides is 1. The molecule has 1 aliphatic rings. The average Bonchev–Trinajstić information content (AvgIpc) is 2.80. The van der Waals surface area contributed by atoms with E-state index >= 15 is 0 Å². The molecule has 1 heterocycles. The average molecular weight is 504 g/mol. The molecule has 0 unspecified atom stereocenters. The van der Waals surface area contributed by atoms with Crippen molar-refractivity contribution in [3.8, 4) is 16.9 Å². The van der Waals surface area contributed by atoms with Gasteiger partial charge in [0.25, 0.3) is 0 Å². The number of rotatable bonds is 7. The van der Waals surface area contributed by atoms with Gasteiger partial charge in [-0.15, -0.1) is 0 Å². The summed E-state index contributed by atoms with van der Waals surface area (Å²) < 4.78 is 35.0. The molecule has 3 rings (SSSR count). The van der Waals surface area contributed by atoms with Crippen LogP contribution in [0.3, 0.4) is 0 Å². The predicted molar refractivity (Wildman–Crippen MR) is 137 cm³/mol. The molecule has 1 amide bonds. The topological polar surface area (TPSA) is 90.4 Å². The fourth-order valence-electron chi connectivity index (χ4n) is 4.13. The summed E-state index contributed by atoms with van der Waals surface area (Å²) in [5.41, 5.74) is 2.92. The van der Waals surface area contributed by atoms with Gasteiger partial charge in [0.15, 0.2) is 0 Å². The van der Waals surface area contributed by atoms with E-state index in [1.807, 2.05) is 57.1 Å². The SMILES string of the molecule is Cc1ccc(-c2ccc3c(c2)O[C@@H](CN(C)C(=O)CN(C)C)[C@@H](C)CN([C@@H](C)CO)S3(=O)=O)cc1. The molecule has 0 bridgehead atoms. The van der Waals surface area contributed by atoms with Crippen LogP contribution >= 0.6 is 0 Å². The van der Waals surface area contributed by atoms with E-state index in [0.717, 1.165) is 16.7 Å². The summed E-state index contributed by atoms with van der Waals surface area (Å²) in [4.78, 5) is 16.1. The van der Waals surface area contributed by atoms with Crippen LogP contribution in [-0.4, -0.2) is 93.1 Å². The van der Waals surface area contributed by atoms with Crippen LogP contribution in [-0.2, 0) is 14.8 Å². The van der Waals surface area contributed by atoms with Crippen molar-refractivity contribution in [2.24, 2.45) is 5.92 Å². The maximum Gasteiger partial charge on any atom is 0.247 e. The smallest absolute Gasteiger partial charge is 0.247 e. The molecule has 9 heteroatoms. The van der Waals surface area contributed by atoms with Gasteiger partial charge < -0.3 is 19.6 Å². The second-order valence-electron chi connectivity index (χ2n) is 9.78. The van der Waals surface area contributed by atoms with Gasteiger partial charge in [-0.25, -0.2) is 8.42 Å². The maximum absolute atomic E-state index is 13.6. The van der Waals surface area contributed by atoms with Crippen molar-refractivity contribution in [1.82, 2.24) is 14.1 Å². The molecule has 1 aliphatic heterocycles. The van der Waals surface area contributed by atoms with Crippen molar-refractivity contribution in [3.63, 3.8) is 0 Å². The lowest BCUT2D eigenvalue weighted by molar-refractivity contribution is -0.132. The highest BCUT2D eigenvalue weighted by atomic mass is 32.2. The van der Waals surface area contributed by atoms with Gasteiger partial charge in [0.05, 0.1) is 19.7 Å². The Morgan fingerprint density at radius 3 is 2.37 bits per heavy atom. The number of amides is 1. The van der Waals surface area contributed by atoms with E-state index in [-0.39, 0.29) is 42.2 Å². The number of benzene rings is 2. The molecule has 0 aromatic heterocycles. The number of likely N-dealkylation sites (N-methyl/N-ethyl adjacent to an activating group) is 2. The summed E-state index contributed by atoms with van der Waals surface area (Å²) in [5, 5.41) is 9.80. The van der Waals surface area contributed by atoms with Crippen LogP contribution in [0.4, 0.5) is 0 Å². The Morgan fingerprint density at radius 1 is 1.14 bits per heavy atom. The third-order valence-electron chi connectivity index (χ3n) is 6.38. The van der Waals surface area contributed by atoms with Gasteiger partial charge in [-0.05, 0) is 51.2 Å². The minimum atomic E-state index is -3.92. The summed E-state index contributed by atoms with van der Waals surface area (Å²) in [7, 11) is 1.49. The second-order valence-corrected chi connectivity index (χ2v) is 11.6. The Hall–Kier alpha value is -2.46. The van der Waals surface area contributed by atoms with E-state index in [2.05, 4.69) is 0 Å². The summed E-state index contributed by atoms with van der Waals surface area (Å²) in [6.07, 6.45) is -0.443. The molecule has 0 spiro atoms. The minimum Gasteiger partial charge on any atom is -0.487 e. The number of nitrogens with zero attached hydrogens (tertiary/aromatic N) is 3. The molecular formula is C26H37N3O5S. The van der Waals surface area contributed by atoms with E-state index in [9.17, 15) is 18.3 Å².